The van der Waals surface area contributed by atoms with Crippen LogP contribution in [0.5, 0.6) is 0 Å². The highest BCUT2D eigenvalue weighted by molar-refractivity contribution is 5.84. The van der Waals surface area contributed by atoms with Crippen LogP contribution in [0.15, 0.2) is 54.3 Å². The summed E-state index contributed by atoms with van der Waals surface area (Å²) < 4.78 is 2.45. The summed E-state index contributed by atoms with van der Waals surface area (Å²) >= 11 is 0. The second-order valence-corrected chi connectivity index (χ2v) is 10.8. The lowest BCUT2D eigenvalue weighted by atomic mass is 9.47. The Morgan fingerprint density at radius 3 is 2.63 bits per heavy atom. The maximum Gasteiger partial charge on any atom is 0.0836 e. The van der Waals surface area contributed by atoms with Gasteiger partial charge in [-0.25, -0.2) is 0 Å². The summed E-state index contributed by atoms with van der Waals surface area (Å²) in [6.45, 7) is 4.87. The van der Waals surface area contributed by atoms with Gasteiger partial charge in [0.15, 0.2) is 0 Å². The van der Waals surface area contributed by atoms with Crippen molar-refractivity contribution in [3.63, 3.8) is 0 Å². The number of allylic oxidation sites excluding steroid dienone is 3. The molecular weight excluding hydrogens is 370 g/mol. The van der Waals surface area contributed by atoms with Crippen molar-refractivity contribution in [3.05, 3.63) is 54.3 Å². The molecule has 0 amide bonds. The van der Waals surface area contributed by atoms with Crippen LogP contribution >= 0.6 is 0 Å². The van der Waals surface area contributed by atoms with Crippen molar-refractivity contribution in [2.75, 3.05) is 0 Å². The van der Waals surface area contributed by atoms with Gasteiger partial charge in [0, 0.05) is 17.3 Å². The zero-order chi connectivity index (χ0) is 20.7. The molecule has 4 unspecified atom stereocenters. The highest BCUT2D eigenvalue weighted by Gasteiger charge is 2.58. The SMILES string of the molecule is C[C@]12CC(O)[C@H](O)CC1=CCC1C2CC[C@]2(C)C(n3ccc4ccccc43)=CCC12. The van der Waals surface area contributed by atoms with Gasteiger partial charge in [-0.05, 0) is 79.2 Å². The van der Waals surface area contributed by atoms with E-state index < -0.39 is 12.2 Å². The number of aliphatic hydroxyl groups is 2. The van der Waals surface area contributed by atoms with Gasteiger partial charge in [0.05, 0.1) is 17.7 Å². The van der Waals surface area contributed by atoms with Crippen molar-refractivity contribution in [2.24, 2.45) is 28.6 Å². The van der Waals surface area contributed by atoms with E-state index in [1.165, 1.54) is 35.0 Å². The molecule has 0 spiro atoms. The average molecular weight is 404 g/mol. The highest BCUT2D eigenvalue weighted by atomic mass is 16.3. The number of para-hydroxylation sites is 1. The smallest absolute Gasteiger partial charge is 0.0836 e. The van der Waals surface area contributed by atoms with Crippen molar-refractivity contribution in [1.82, 2.24) is 4.57 Å². The van der Waals surface area contributed by atoms with Crippen LogP contribution in [-0.2, 0) is 0 Å². The number of hydrogen-bond donors (Lipinski definition) is 2. The van der Waals surface area contributed by atoms with Crippen molar-refractivity contribution in [3.8, 4) is 0 Å². The quantitative estimate of drug-likeness (QED) is 0.627. The van der Waals surface area contributed by atoms with Crippen LogP contribution in [0.4, 0.5) is 0 Å². The molecule has 4 aliphatic rings. The first-order valence-electron chi connectivity index (χ1n) is 11.7. The highest BCUT2D eigenvalue weighted by Crippen LogP contribution is 2.65. The number of benzene rings is 1. The Morgan fingerprint density at radius 2 is 1.77 bits per heavy atom. The molecule has 7 atom stereocenters. The predicted molar refractivity (Wildman–Crippen MR) is 121 cm³/mol. The third kappa shape index (κ3) is 2.39. The first kappa shape index (κ1) is 18.9. The van der Waals surface area contributed by atoms with Gasteiger partial charge in [-0.2, -0.15) is 0 Å². The van der Waals surface area contributed by atoms with Crippen LogP contribution in [0.1, 0.15) is 52.4 Å². The van der Waals surface area contributed by atoms with Crippen molar-refractivity contribution >= 4 is 16.6 Å². The van der Waals surface area contributed by atoms with Gasteiger partial charge < -0.3 is 14.8 Å². The molecule has 4 aliphatic carbocycles. The second kappa shape index (κ2) is 6.34. The van der Waals surface area contributed by atoms with Gasteiger partial charge in [0.2, 0.25) is 0 Å². The zero-order valence-electron chi connectivity index (χ0n) is 18.1. The molecule has 0 aliphatic heterocycles. The van der Waals surface area contributed by atoms with Gasteiger partial charge in [-0.15, -0.1) is 0 Å². The summed E-state index contributed by atoms with van der Waals surface area (Å²) in [5.74, 6) is 1.94. The molecule has 2 fully saturated rings. The number of aliphatic hydroxyl groups excluding tert-OH is 2. The summed E-state index contributed by atoms with van der Waals surface area (Å²) in [6, 6.07) is 10.9. The molecule has 1 heterocycles. The summed E-state index contributed by atoms with van der Waals surface area (Å²) in [5.41, 5.74) is 4.47. The molecule has 2 N–H and O–H groups in total. The fourth-order valence-electron chi connectivity index (χ4n) is 7.90. The normalized spacial score (nSPS) is 42.9. The van der Waals surface area contributed by atoms with Crippen LogP contribution < -0.4 is 0 Å². The summed E-state index contributed by atoms with van der Waals surface area (Å²) in [4.78, 5) is 0. The summed E-state index contributed by atoms with van der Waals surface area (Å²) in [5, 5.41) is 22.0. The molecule has 3 heteroatoms. The van der Waals surface area contributed by atoms with Gasteiger partial charge in [0.25, 0.3) is 0 Å². The second-order valence-electron chi connectivity index (χ2n) is 10.8. The van der Waals surface area contributed by atoms with E-state index in [9.17, 15) is 10.2 Å². The third-order valence-electron chi connectivity index (χ3n) is 9.53. The largest absolute Gasteiger partial charge is 0.390 e. The maximum absolute atomic E-state index is 10.5. The third-order valence-corrected chi connectivity index (χ3v) is 9.53. The molecular formula is C27H33NO2. The molecule has 1 aromatic carbocycles. The summed E-state index contributed by atoms with van der Waals surface area (Å²) in [7, 11) is 0. The monoisotopic (exact) mass is 403 g/mol. The van der Waals surface area contributed by atoms with Crippen LogP contribution in [0.25, 0.3) is 16.6 Å². The van der Waals surface area contributed by atoms with Gasteiger partial charge in [0.1, 0.15) is 0 Å². The Bertz CT molecular complexity index is 1060. The molecule has 6 rings (SSSR count). The van der Waals surface area contributed by atoms with Crippen molar-refractivity contribution < 1.29 is 10.2 Å². The van der Waals surface area contributed by atoms with Crippen molar-refractivity contribution in [1.29, 1.82) is 0 Å². The molecule has 30 heavy (non-hydrogen) atoms. The van der Waals surface area contributed by atoms with Gasteiger partial charge in [-0.1, -0.05) is 49.8 Å². The topological polar surface area (TPSA) is 45.4 Å². The Hall–Kier alpha value is -1.84. The number of nitrogens with zero attached hydrogens (tertiary/aromatic N) is 1. The first-order valence-corrected chi connectivity index (χ1v) is 11.7. The minimum absolute atomic E-state index is 0.0474. The lowest BCUT2D eigenvalue weighted by molar-refractivity contribution is -0.0753. The van der Waals surface area contributed by atoms with Gasteiger partial charge >= 0.3 is 0 Å². The zero-order valence-corrected chi connectivity index (χ0v) is 18.1. The fourth-order valence-corrected chi connectivity index (χ4v) is 7.90. The number of rotatable bonds is 1. The molecule has 3 nitrogen and oxygen atoms in total. The lowest BCUT2D eigenvalue weighted by Crippen LogP contribution is -2.52. The molecule has 2 saturated carbocycles. The molecule has 0 radical (unpaired) electrons. The van der Waals surface area contributed by atoms with Gasteiger partial charge in [-0.3, -0.25) is 0 Å². The standard InChI is InChI=1S/C27H33NO2/c1-26-13-11-21-19(8-7-18-15-23(29)24(30)16-27(18,21)2)20(26)9-10-25(26)28-14-12-17-5-3-4-6-22(17)28/h3-7,10,12,14,19-21,23-24,29-30H,8-9,11,13,15-16H2,1-2H3/t19?,20?,21?,23-,24?,26+,27+/m1/s1. The maximum atomic E-state index is 10.5. The van der Waals surface area contributed by atoms with E-state index in [0.29, 0.717) is 30.6 Å². The predicted octanol–water partition coefficient (Wildman–Crippen LogP) is 5.39. The average Bonchev–Trinajstić information content (AvgIpc) is 3.29. The van der Waals surface area contributed by atoms with Crippen LogP contribution in [0, 0.1) is 28.6 Å². The van der Waals surface area contributed by atoms with E-state index in [1.54, 1.807) is 0 Å². The number of aromatic nitrogens is 1. The first-order chi connectivity index (χ1) is 14.4. The van der Waals surface area contributed by atoms with E-state index in [0.717, 1.165) is 12.8 Å². The Labute approximate surface area is 179 Å². The summed E-state index contributed by atoms with van der Waals surface area (Å²) in [6.07, 6.45) is 12.1. The Kier molecular flexibility index (Phi) is 3.99. The molecule has 0 saturated heterocycles. The molecule has 158 valence electrons. The minimum atomic E-state index is -0.587. The van der Waals surface area contributed by atoms with Crippen LogP contribution in [-0.4, -0.2) is 27.0 Å². The van der Waals surface area contributed by atoms with E-state index in [-0.39, 0.29) is 10.8 Å². The van der Waals surface area contributed by atoms with E-state index in [1.807, 2.05) is 0 Å². The van der Waals surface area contributed by atoms with Crippen molar-refractivity contribution in [2.45, 2.75) is 64.6 Å². The number of hydrogen-bond acceptors (Lipinski definition) is 2. The van der Waals surface area contributed by atoms with E-state index >= 15 is 0 Å². The minimum Gasteiger partial charge on any atom is -0.390 e. The lowest BCUT2D eigenvalue weighted by Gasteiger charge is -2.58. The molecule has 1 aromatic heterocycles. The Balaban J connectivity index is 1.36. The molecule has 2 aromatic rings. The Morgan fingerprint density at radius 1 is 0.933 bits per heavy atom. The van der Waals surface area contributed by atoms with E-state index in [4.69, 9.17) is 0 Å². The molecule has 0 bridgehead atoms. The van der Waals surface area contributed by atoms with Crippen LogP contribution in [0.3, 0.4) is 0 Å². The van der Waals surface area contributed by atoms with Crippen LogP contribution in [0.2, 0.25) is 0 Å². The fraction of sp³-hybridized carbons (Fsp3) is 0.556. The number of fused-ring (bicyclic) bond motifs is 6. The van der Waals surface area contributed by atoms with E-state index in [2.05, 4.69) is 67.1 Å².